The molecule has 3 nitrogen and oxygen atoms in total. The molecule has 0 aliphatic heterocycles. The average Bonchev–Trinajstić information content (AvgIpc) is 2.60. The number of halogens is 1. The zero-order valence-corrected chi connectivity index (χ0v) is 15.6. The Bertz CT molecular complexity index is 589. The predicted molar refractivity (Wildman–Crippen MR) is 102 cm³/mol. The lowest BCUT2D eigenvalue weighted by molar-refractivity contribution is 0.306. The number of rotatable bonds is 9. The summed E-state index contributed by atoms with van der Waals surface area (Å²) in [5.41, 5.74) is 2.52. The summed E-state index contributed by atoms with van der Waals surface area (Å²) in [6, 6.07) is 17.1. The Balaban J connectivity index is 0.00000288. The molecule has 0 aliphatic rings. The third-order valence-corrected chi connectivity index (χ3v) is 3.92. The fraction of sp³-hybridized carbons (Fsp3) is 0.400. The van der Waals surface area contributed by atoms with Crippen molar-refractivity contribution in [3.63, 3.8) is 0 Å². The lowest BCUT2D eigenvalue weighted by Gasteiger charge is -2.17. The van der Waals surface area contributed by atoms with Crippen LogP contribution in [0.3, 0.4) is 0 Å². The molecular weight excluding hydrogens is 322 g/mol. The SMILES string of the molecule is CCOc1c(CNC(C)CCc2ccccc2)cccc1OC.Cl. The summed E-state index contributed by atoms with van der Waals surface area (Å²) in [5, 5.41) is 3.58. The molecule has 0 radical (unpaired) electrons. The van der Waals surface area contributed by atoms with Crippen molar-refractivity contribution in [2.75, 3.05) is 13.7 Å². The summed E-state index contributed by atoms with van der Waals surface area (Å²) >= 11 is 0. The van der Waals surface area contributed by atoms with Gasteiger partial charge in [-0.05, 0) is 38.3 Å². The first kappa shape index (κ1) is 20.3. The molecule has 2 rings (SSSR count). The maximum Gasteiger partial charge on any atom is 0.165 e. The molecule has 1 N–H and O–H groups in total. The maximum absolute atomic E-state index is 5.76. The molecule has 24 heavy (non-hydrogen) atoms. The van der Waals surface area contributed by atoms with E-state index in [9.17, 15) is 0 Å². The molecule has 1 unspecified atom stereocenters. The monoisotopic (exact) mass is 349 g/mol. The molecule has 0 aliphatic carbocycles. The summed E-state index contributed by atoms with van der Waals surface area (Å²) in [5.74, 6) is 1.64. The van der Waals surface area contributed by atoms with Gasteiger partial charge in [-0.15, -0.1) is 12.4 Å². The minimum atomic E-state index is 0. The van der Waals surface area contributed by atoms with Crippen molar-refractivity contribution in [2.24, 2.45) is 0 Å². The maximum atomic E-state index is 5.76. The van der Waals surface area contributed by atoms with Gasteiger partial charge in [0.1, 0.15) is 0 Å². The van der Waals surface area contributed by atoms with E-state index in [2.05, 4.69) is 48.6 Å². The zero-order chi connectivity index (χ0) is 16.5. The number of nitrogens with one attached hydrogen (secondary N) is 1. The summed E-state index contributed by atoms with van der Waals surface area (Å²) in [6.07, 6.45) is 2.20. The zero-order valence-electron chi connectivity index (χ0n) is 14.7. The molecule has 2 aromatic rings. The molecule has 4 heteroatoms. The Hall–Kier alpha value is -1.71. The highest BCUT2D eigenvalue weighted by Gasteiger charge is 2.11. The number of methoxy groups -OCH3 is 1. The van der Waals surface area contributed by atoms with Crippen LogP contribution in [0.1, 0.15) is 31.4 Å². The van der Waals surface area contributed by atoms with Crippen molar-refractivity contribution in [2.45, 2.75) is 39.3 Å². The van der Waals surface area contributed by atoms with Crippen LogP contribution in [0.2, 0.25) is 0 Å². The molecule has 0 aromatic heterocycles. The fourth-order valence-corrected chi connectivity index (χ4v) is 2.58. The van der Waals surface area contributed by atoms with E-state index in [1.807, 2.05) is 19.1 Å². The van der Waals surface area contributed by atoms with Crippen molar-refractivity contribution in [3.8, 4) is 11.5 Å². The minimum absolute atomic E-state index is 0. The molecule has 0 amide bonds. The summed E-state index contributed by atoms with van der Waals surface area (Å²) in [4.78, 5) is 0. The number of hydrogen-bond donors (Lipinski definition) is 1. The molecule has 0 saturated carbocycles. The van der Waals surface area contributed by atoms with Crippen LogP contribution in [0, 0.1) is 0 Å². The summed E-state index contributed by atoms with van der Waals surface area (Å²) in [7, 11) is 1.68. The van der Waals surface area contributed by atoms with E-state index >= 15 is 0 Å². The van der Waals surface area contributed by atoms with E-state index in [1.54, 1.807) is 7.11 Å². The van der Waals surface area contributed by atoms with E-state index < -0.39 is 0 Å². The quantitative estimate of drug-likeness (QED) is 0.716. The Morgan fingerprint density at radius 3 is 2.46 bits per heavy atom. The molecule has 2 aromatic carbocycles. The van der Waals surface area contributed by atoms with Crippen molar-refractivity contribution >= 4 is 12.4 Å². The topological polar surface area (TPSA) is 30.5 Å². The number of benzene rings is 2. The van der Waals surface area contributed by atoms with E-state index in [0.29, 0.717) is 12.6 Å². The second kappa shape index (κ2) is 11.0. The minimum Gasteiger partial charge on any atom is -0.493 e. The van der Waals surface area contributed by atoms with Crippen molar-refractivity contribution < 1.29 is 9.47 Å². The first-order valence-electron chi connectivity index (χ1n) is 8.30. The molecule has 0 heterocycles. The molecule has 0 spiro atoms. The van der Waals surface area contributed by atoms with E-state index in [1.165, 1.54) is 5.56 Å². The van der Waals surface area contributed by atoms with Gasteiger partial charge in [0, 0.05) is 18.2 Å². The second-order valence-corrected chi connectivity index (χ2v) is 5.69. The van der Waals surface area contributed by atoms with Crippen LogP contribution in [0.25, 0.3) is 0 Å². The van der Waals surface area contributed by atoms with Crippen molar-refractivity contribution in [3.05, 3.63) is 59.7 Å². The second-order valence-electron chi connectivity index (χ2n) is 5.69. The summed E-state index contributed by atoms with van der Waals surface area (Å²) < 4.78 is 11.2. The van der Waals surface area contributed by atoms with Gasteiger partial charge in [-0.25, -0.2) is 0 Å². The van der Waals surface area contributed by atoms with Gasteiger partial charge in [-0.3, -0.25) is 0 Å². The van der Waals surface area contributed by atoms with E-state index in [-0.39, 0.29) is 12.4 Å². The van der Waals surface area contributed by atoms with Gasteiger partial charge >= 0.3 is 0 Å². The van der Waals surface area contributed by atoms with E-state index in [0.717, 1.165) is 36.4 Å². The third-order valence-electron chi connectivity index (χ3n) is 3.92. The number of aryl methyl sites for hydroxylation is 1. The van der Waals surface area contributed by atoms with Crippen molar-refractivity contribution in [1.29, 1.82) is 0 Å². The first-order valence-corrected chi connectivity index (χ1v) is 8.30. The predicted octanol–water partition coefficient (Wildman–Crippen LogP) is 4.63. The summed E-state index contributed by atoms with van der Waals surface area (Å²) in [6.45, 7) is 5.63. The molecule has 0 saturated heterocycles. The average molecular weight is 350 g/mol. The first-order chi connectivity index (χ1) is 11.2. The van der Waals surface area contributed by atoms with E-state index in [4.69, 9.17) is 9.47 Å². The van der Waals surface area contributed by atoms with Crippen LogP contribution in [0.5, 0.6) is 11.5 Å². The number of para-hydroxylation sites is 1. The Morgan fingerprint density at radius 1 is 1.04 bits per heavy atom. The highest BCUT2D eigenvalue weighted by Crippen LogP contribution is 2.31. The van der Waals surface area contributed by atoms with Gasteiger partial charge in [0.25, 0.3) is 0 Å². The van der Waals surface area contributed by atoms with Crippen LogP contribution < -0.4 is 14.8 Å². The molecule has 0 bridgehead atoms. The van der Waals surface area contributed by atoms with Gasteiger partial charge in [0.15, 0.2) is 11.5 Å². The fourth-order valence-electron chi connectivity index (χ4n) is 2.58. The molecule has 1 atom stereocenters. The highest BCUT2D eigenvalue weighted by molar-refractivity contribution is 5.85. The largest absolute Gasteiger partial charge is 0.493 e. The van der Waals surface area contributed by atoms with Gasteiger partial charge in [0.2, 0.25) is 0 Å². The van der Waals surface area contributed by atoms with Crippen LogP contribution in [-0.2, 0) is 13.0 Å². The van der Waals surface area contributed by atoms with Gasteiger partial charge < -0.3 is 14.8 Å². The molecule has 132 valence electrons. The Morgan fingerprint density at radius 2 is 1.79 bits per heavy atom. The third kappa shape index (κ3) is 6.06. The van der Waals surface area contributed by atoms with Gasteiger partial charge in [0.05, 0.1) is 13.7 Å². The van der Waals surface area contributed by atoms with Crippen molar-refractivity contribution in [1.82, 2.24) is 5.32 Å². The standard InChI is InChI=1S/C20H27NO2.ClH/c1-4-23-20-18(11-8-12-19(20)22-3)15-21-16(2)13-14-17-9-6-5-7-10-17;/h5-12,16,21H,4,13-15H2,1-3H3;1H. The molecule has 0 fully saturated rings. The Labute approximate surface area is 151 Å². The Kier molecular flexibility index (Phi) is 9.28. The normalized spacial score (nSPS) is 11.5. The van der Waals surface area contributed by atoms with Crippen LogP contribution in [0.4, 0.5) is 0 Å². The van der Waals surface area contributed by atoms with Gasteiger partial charge in [-0.2, -0.15) is 0 Å². The lowest BCUT2D eigenvalue weighted by atomic mass is 10.1. The number of hydrogen-bond acceptors (Lipinski definition) is 3. The van der Waals surface area contributed by atoms with Gasteiger partial charge in [-0.1, -0.05) is 42.5 Å². The highest BCUT2D eigenvalue weighted by atomic mass is 35.5. The van der Waals surface area contributed by atoms with Crippen LogP contribution >= 0.6 is 12.4 Å². The number of ether oxygens (including phenoxy) is 2. The van der Waals surface area contributed by atoms with Crippen LogP contribution in [-0.4, -0.2) is 19.8 Å². The van der Waals surface area contributed by atoms with Crippen LogP contribution in [0.15, 0.2) is 48.5 Å². The lowest BCUT2D eigenvalue weighted by Crippen LogP contribution is -2.26. The molecular formula is C20H28ClNO2. The smallest absolute Gasteiger partial charge is 0.165 e.